The van der Waals surface area contributed by atoms with Gasteiger partial charge in [0.15, 0.2) is 0 Å². The lowest BCUT2D eigenvalue weighted by Gasteiger charge is -2.50. The van der Waals surface area contributed by atoms with Gasteiger partial charge in [-0.2, -0.15) is 5.10 Å². The molecular weight excluding hydrogens is 303 g/mol. The fraction of sp³-hybridized carbons (Fsp3) is 0.750. The number of likely N-dealkylation sites (tertiary alicyclic amines) is 1. The average Bonchev–Trinajstić information content (AvgIpc) is 2.78. The lowest BCUT2D eigenvalue weighted by Crippen LogP contribution is -2.63. The van der Waals surface area contributed by atoms with E-state index in [4.69, 9.17) is 16.3 Å². The van der Waals surface area contributed by atoms with Crippen LogP contribution in [0.15, 0.2) is 6.20 Å². The Bertz CT molecular complexity index is 563. The molecule has 3 rings (SSSR count). The van der Waals surface area contributed by atoms with Crippen LogP contribution in [0.25, 0.3) is 0 Å². The zero-order valence-corrected chi connectivity index (χ0v) is 12.3. The highest BCUT2D eigenvalue weighted by atomic mass is 35.5. The molecule has 3 heterocycles. The predicted molar refractivity (Wildman–Crippen MR) is 73.2 cm³/mol. The molecule has 2 saturated heterocycles. The summed E-state index contributed by atoms with van der Waals surface area (Å²) in [4.78, 5) is 12.2. The first-order valence-electron chi connectivity index (χ1n) is 6.76. The van der Waals surface area contributed by atoms with Crippen molar-refractivity contribution in [2.45, 2.75) is 31.1 Å². The van der Waals surface area contributed by atoms with Gasteiger partial charge in [0.25, 0.3) is 0 Å². The number of nitro groups is 1. The fourth-order valence-corrected chi connectivity index (χ4v) is 3.22. The highest BCUT2D eigenvalue weighted by Gasteiger charge is 2.44. The minimum atomic E-state index is -1.17. The highest BCUT2D eigenvalue weighted by molar-refractivity contribution is 6.31. The molecular formula is C12H16ClFN4O3. The standard InChI is InChI=1S/C12H16ClFN4O3/c1-12(6-21-7-12)16-3-2-9(8(14)5-16)17-11(13)10(4-15-17)18(19)20/h4,8-9H,2-3,5-7H2,1H3/t8-,9-/m1/s1. The Morgan fingerprint density at radius 1 is 1.62 bits per heavy atom. The van der Waals surface area contributed by atoms with Gasteiger partial charge in [-0.3, -0.25) is 15.0 Å². The van der Waals surface area contributed by atoms with Crippen LogP contribution < -0.4 is 0 Å². The summed E-state index contributed by atoms with van der Waals surface area (Å²) >= 11 is 5.94. The van der Waals surface area contributed by atoms with E-state index in [1.165, 1.54) is 4.68 Å². The van der Waals surface area contributed by atoms with Crippen molar-refractivity contribution in [1.82, 2.24) is 14.7 Å². The van der Waals surface area contributed by atoms with E-state index >= 15 is 0 Å². The number of hydrogen-bond acceptors (Lipinski definition) is 5. The number of nitrogens with zero attached hydrogens (tertiary/aromatic N) is 4. The molecule has 2 fully saturated rings. The van der Waals surface area contributed by atoms with Crippen molar-refractivity contribution in [3.05, 3.63) is 21.5 Å². The van der Waals surface area contributed by atoms with Gasteiger partial charge < -0.3 is 4.74 Å². The van der Waals surface area contributed by atoms with Crippen molar-refractivity contribution in [2.24, 2.45) is 0 Å². The van der Waals surface area contributed by atoms with Crippen LogP contribution in [0.3, 0.4) is 0 Å². The number of ether oxygens (including phenoxy) is 1. The van der Waals surface area contributed by atoms with Gasteiger partial charge in [0, 0.05) is 13.1 Å². The van der Waals surface area contributed by atoms with Crippen molar-refractivity contribution in [1.29, 1.82) is 0 Å². The number of piperidine rings is 1. The number of halogens is 2. The van der Waals surface area contributed by atoms with E-state index in [-0.39, 0.29) is 22.9 Å². The first-order valence-corrected chi connectivity index (χ1v) is 7.14. The SMILES string of the molecule is CC1(N2CC[C@@H](n3ncc([N+](=O)[O-])c3Cl)[C@H](F)C2)COC1. The summed E-state index contributed by atoms with van der Waals surface area (Å²) in [5.41, 5.74) is -0.388. The van der Waals surface area contributed by atoms with E-state index in [0.717, 1.165) is 6.20 Å². The Labute approximate surface area is 125 Å². The molecule has 0 bridgehead atoms. The van der Waals surface area contributed by atoms with Gasteiger partial charge in [0.05, 0.1) is 29.7 Å². The molecule has 0 N–H and O–H groups in total. The minimum Gasteiger partial charge on any atom is -0.377 e. The molecule has 0 unspecified atom stereocenters. The van der Waals surface area contributed by atoms with Crippen molar-refractivity contribution >= 4 is 17.3 Å². The molecule has 0 spiro atoms. The van der Waals surface area contributed by atoms with Crippen molar-refractivity contribution < 1.29 is 14.1 Å². The van der Waals surface area contributed by atoms with E-state index < -0.39 is 17.1 Å². The van der Waals surface area contributed by atoms with Crippen LogP contribution in [0.5, 0.6) is 0 Å². The zero-order valence-electron chi connectivity index (χ0n) is 11.5. The average molecular weight is 319 g/mol. The molecule has 2 aliphatic heterocycles. The van der Waals surface area contributed by atoms with Gasteiger partial charge in [-0.1, -0.05) is 11.6 Å². The second kappa shape index (κ2) is 5.19. The summed E-state index contributed by atoms with van der Waals surface area (Å²) in [7, 11) is 0. The Morgan fingerprint density at radius 3 is 2.81 bits per heavy atom. The Morgan fingerprint density at radius 2 is 2.33 bits per heavy atom. The third-order valence-electron chi connectivity index (χ3n) is 4.32. The Balaban J connectivity index is 1.75. The highest BCUT2D eigenvalue weighted by Crippen LogP contribution is 2.35. The van der Waals surface area contributed by atoms with E-state index in [2.05, 4.69) is 16.9 Å². The molecule has 9 heteroatoms. The van der Waals surface area contributed by atoms with Crippen LogP contribution in [-0.2, 0) is 4.74 Å². The predicted octanol–water partition coefficient (Wildman–Crippen LogP) is 1.82. The minimum absolute atomic E-state index is 0.102. The molecule has 21 heavy (non-hydrogen) atoms. The lowest BCUT2D eigenvalue weighted by molar-refractivity contribution is -0.384. The Hall–Kier alpha value is -1.25. The number of aromatic nitrogens is 2. The van der Waals surface area contributed by atoms with Gasteiger partial charge in [-0.15, -0.1) is 0 Å². The molecule has 1 aromatic heterocycles. The maximum Gasteiger partial charge on any atom is 0.325 e. The lowest BCUT2D eigenvalue weighted by atomic mass is 9.92. The summed E-state index contributed by atoms with van der Waals surface area (Å²) in [6.07, 6.45) is 0.408. The molecule has 0 amide bonds. The summed E-state index contributed by atoms with van der Waals surface area (Å²) in [5, 5.41) is 14.6. The maximum absolute atomic E-state index is 14.5. The molecule has 1 aromatic rings. The van der Waals surface area contributed by atoms with Crippen LogP contribution in [-0.4, -0.2) is 57.6 Å². The van der Waals surface area contributed by atoms with Crippen molar-refractivity contribution in [3.63, 3.8) is 0 Å². The summed E-state index contributed by atoms with van der Waals surface area (Å²) in [6, 6.07) is -0.563. The first-order chi connectivity index (χ1) is 9.92. The summed E-state index contributed by atoms with van der Waals surface area (Å²) < 4.78 is 20.9. The van der Waals surface area contributed by atoms with Gasteiger partial charge in [-0.05, 0) is 13.3 Å². The molecule has 0 radical (unpaired) electrons. The first kappa shape index (κ1) is 14.7. The molecule has 116 valence electrons. The van der Waals surface area contributed by atoms with Gasteiger partial charge in [0.2, 0.25) is 5.15 Å². The van der Waals surface area contributed by atoms with Crippen molar-refractivity contribution in [2.75, 3.05) is 26.3 Å². The molecule has 0 aliphatic carbocycles. The van der Waals surface area contributed by atoms with Crippen LogP contribution >= 0.6 is 11.6 Å². The second-order valence-corrected chi connectivity index (χ2v) is 6.19. The number of rotatable bonds is 3. The molecule has 7 nitrogen and oxygen atoms in total. The second-order valence-electron chi connectivity index (χ2n) is 5.83. The van der Waals surface area contributed by atoms with Crippen LogP contribution in [0.2, 0.25) is 5.15 Å². The smallest absolute Gasteiger partial charge is 0.325 e. The van der Waals surface area contributed by atoms with E-state index in [1.807, 2.05) is 0 Å². The monoisotopic (exact) mass is 318 g/mol. The summed E-state index contributed by atoms with van der Waals surface area (Å²) in [5.74, 6) is 0. The summed E-state index contributed by atoms with van der Waals surface area (Å²) in [6.45, 7) is 4.22. The third kappa shape index (κ3) is 2.41. The van der Waals surface area contributed by atoms with Crippen molar-refractivity contribution in [3.8, 4) is 0 Å². The third-order valence-corrected chi connectivity index (χ3v) is 4.69. The van der Waals surface area contributed by atoms with Crippen LogP contribution in [0.4, 0.5) is 10.1 Å². The fourth-order valence-electron chi connectivity index (χ4n) is 2.93. The molecule has 2 aliphatic rings. The van der Waals surface area contributed by atoms with Gasteiger partial charge >= 0.3 is 5.69 Å². The molecule has 0 saturated carbocycles. The topological polar surface area (TPSA) is 73.4 Å². The van der Waals surface area contributed by atoms with Gasteiger partial charge in [0.1, 0.15) is 12.4 Å². The molecule has 2 atom stereocenters. The number of alkyl halides is 1. The van der Waals surface area contributed by atoms with Crippen LogP contribution in [0, 0.1) is 10.1 Å². The Kier molecular flexibility index (Phi) is 3.62. The van der Waals surface area contributed by atoms with Gasteiger partial charge in [-0.25, -0.2) is 9.07 Å². The zero-order chi connectivity index (χ0) is 15.2. The normalized spacial score (nSPS) is 29.1. The van der Waals surface area contributed by atoms with Crippen LogP contribution in [0.1, 0.15) is 19.4 Å². The van der Waals surface area contributed by atoms with E-state index in [9.17, 15) is 14.5 Å². The largest absolute Gasteiger partial charge is 0.377 e. The quantitative estimate of drug-likeness (QED) is 0.628. The van der Waals surface area contributed by atoms with E-state index in [1.54, 1.807) is 0 Å². The maximum atomic E-state index is 14.5. The van der Waals surface area contributed by atoms with E-state index in [0.29, 0.717) is 26.2 Å². The number of hydrogen-bond donors (Lipinski definition) is 0. The molecule has 0 aromatic carbocycles.